The highest BCUT2D eigenvalue weighted by molar-refractivity contribution is 5.38. The number of aromatic nitrogens is 1. The molecule has 0 spiro atoms. The van der Waals surface area contributed by atoms with Gasteiger partial charge in [0.05, 0.1) is 5.69 Å². The van der Waals surface area contributed by atoms with Crippen LogP contribution in [0.4, 0.5) is 5.69 Å². The van der Waals surface area contributed by atoms with Crippen molar-refractivity contribution in [2.75, 3.05) is 5.73 Å². The fraction of sp³-hybridized carbons (Fsp3) is 0.444. The summed E-state index contributed by atoms with van der Waals surface area (Å²) >= 11 is 0. The van der Waals surface area contributed by atoms with E-state index < -0.39 is 0 Å². The molecular weight excluding hydrogens is 150 g/mol. The Labute approximate surface area is 72.8 Å². The number of hydrogen-bond acceptors (Lipinski definition) is 3. The lowest BCUT2D eigenvalue weighted by molar-refractivity contribution is 0.503. The van der Waals surface area contributed by atoms with E-state index in [2.05, 4.69) is 18.8 Å². The zero-order valence-corrected chi connectivity index (χ0v) is 7.49. The Morgan fingerprint density at radius 3 is 2.58 bits per heavy atom. The summed E-state index contributed by atoms with van der Waals surface area (Å²) in [6.45, 7) is 4.13. The van der Waals surface area contributed by atoms with E-state index in [-0.39, 0.29) is 6.04 Å². The SMILES string of the molecule is CC(C)C(N)c1cc(N)ccn1. The molecule has 0 amide bonds. The minimum Gasteiger partial charge on any atom is -0.399 e. The highest BCUT2D eigenvalue weighted by atomic mass is 14.8. The van der Waals surface area contributed by atoms with Crippen molar-refractivity contribution in [2.45, 2.75) is 19.9 Å². The molecule has 0 aliphatic rings. The van der Waals surface area contributed by atoms with Crippen LogP contribution in [-0.2, 0) is 0 Å². The third-order valence-electron chi connectivity index (χ3n) is 1.86. The van der Waals surface area contributed by atoms with Crippen LogP contribution in [0.2, 0.25) is 0 Å². The third-order valence-corrected chi connectivity index (χ3v) is 1.86. The first-order valence-corrected chi connectivity index (χ1v) is 4.08. The molecule has 12 heavy (non-hydrogen) atoms. The van der Waals surface area contributed by atoms with E-state index in [1.54, 1.807) is 12.3 Å². The molecule has 1 aromatic rings. The predicted molar refractivity (Wildman–Crippen MR) is 50.4 cm³/mol. The van der Waals surface area contributed by atoms with Crippen LogP contribution in [0, 0.1) is 5.92 Å². The lowest BCUT2D eigenvalue weighted by Gasteiger charge is -2.14. The van der Waals surface area contributed by atoms with Crippen LogP contribution in [0.3, 0.4) is 0 Å². The first-order chi connectivity index (χ1) is 5.61. The Kier molecular flexibility index (Phi) is 2.65. The third kappa shape index (κ3) is 1.95. The molecule has 0 aromatic carbocycles. The second-order valence-corrected chi connectivity index (χ2v) is 3.28. The highest BCUT2D eigenvalue weighted by Crippen LogP contribution is 2.17. The molecule has 0 saturated carbocycles. The zero-order valence-electron chi connectivity index (χ0n) is 7.49. The second kappa shape index (κ2) is 3.54. The molecule has 0 radical (unpaired) electrons. The topological polar surface area (TPSA) is 64.9 Å². The minimum atomic E-state index is -0.0199. The van der Waals surface area contributed by atoms with E-state index in [4.69, 9.17) is 11.5 Å². The molecule has 1 heterocycles. The number of anilines is 1. The smallest absolute Gasteiger partial charge is 0.0594 e. The van der Waals surface area contributed by atoms with E-state index in [1.165, 1.54) is 0 Å². The summed E-state index contributed by atoms with van der Waals surface area (Å²) < 4.78 is 0. The van der Waals surface area contributed by atoms with Crippen LogP contribution in [0.25, 0.3) is 0 Å². The normalized spacial score (nSPS) is 13.3. The van der Waals surface area contributed by atoms with Crippen molar-refractivity contribution < 1.29 is 0 Å². The van der Waals surface area contributed by atoms with Gasteiger partial charge in [-0.05, 0) is 18.1 Å². The lowest BCUT2D eigenvalue weighted by Crippen LogP contribution is -2.18. The summed E-state index contributed by atoms with van der Waals surface area (Å²) in [7, 11) is 0. The summed E-state index contributed by atoms with van der Waals surface area (Å²) in [5.41, 5.74) is 13.1. The van der Waals surface area contributed by atoms with E-state index in [9.17, 15) is 0 Å². The molecule has 4 N–H and O–H groups in total. The molecule has 1 unspecified atom stereocenters. The summed E-state index contributed by atoms with van der Waals surface area (Å²) in [6, 6.07) is 3.56. The number of hydrogen-bond donors (Lipinski definition) is 2. The molecular formula is C9H15N3. The van der Waals surface area contributed by atoms with Crippen LogP contribution in [0.1, 0.15) is 25.6 Å². The maximum Gasteiger partial charge on any atom is 0.0594 e. The van der Waals surface area contributed by atoms with Crippen molar-refractivity contribution in [3.63, 3.8) is 0 Å². The Bertz CT molecular complexity index is 258. The van der Waals surface area contributed by atoms with Gasteiger partial charge in [0.2, 0.25) is 0 Å². The van der Waals surface area contributed by atoms with E-state index in [1.807, 2.05) is 6.07 Å². The van der Waals surface area contributed by atoms with Gasteiger partial charge in [0.1, 0.15) is 0 Å². The standard InChI is InChI=1S/C9H15N3/c1-6(2)9(11)8-5-7(10)3-4-12-8/h3-6,9H,11H2,1-2H3,(H2,10,12). The van der Waals surface area contributed by atoms with E-state index >= 15 is 0 Å². The van der Waals surface area contributed by atoms with Gasteiger partial charge in [0, 0.05) is 17.9 Å². The average molecular weight is 165 g/mol. The van der Waals surface area contributed by atoms with Crippen LogP contribution in [0.15, 0.2) is 18.3 Å². The number of nitrogen functional groups attached to an aromatic ring is 1. The van der Waals surface area contributed by atoms with Crippen LogP contribution < -0.4 is 11.5 Å². The highest BCUT2D eigenvalue weighted by Gasteiger charge is 2.11. The number of nitrogens with zero attached hydrogens (tertiary/aromatic N) is 1. The molecule has 66 valence electrons. The van der Waals surface area contributed by atoms with Gasteiger partial charge in [-0.2, -0.15) is 0 Å². The fourth-order valence-corrected chi connectivity index (χ4v) is 0.989. The molecule has 0 aliphatic carbocycles. The maximum absolute atomic E-state index is 5.89. The first kappa shape index (κ1) is 9.00. The van der Waals surface area contributed by atoms with Crippen LogP contribution in [0.5, 0.6) is 0 Å². The Hall–Kier alpha value is -1.09. The van der Waals surface area contributed by atoms with Crippen molar-refractivity contribution in [3.8, 4) is 0 Å². The van der Waals surface area contributed by atoms with Gasteiger partial charge in [-0.1, -0.05) is 13.8 Å². The predicted octanol–water partition coefficient (Wildman–Crippen LogP) is 1.32. The molecule has 1 aromatic heterocycles. The van der Waals surface area contributed by atoms with Gasteiger partial charge in [0.25, 0.3) is 0 Å². The maximum atomic E-state index is 5.89. The Balaban J connectivity index is 2.88. The van der Waals surface area contributed by atoms with Crippen molar-refractivity contribution in [2.24, 2.45) is 11.7 Å². The number of rotatable bonds is 2. The number of pyridine rings is 1. The Morgan fingerprint density at radius 1 is 1.42 bits per heavy atom. The summed E-state index contributed by atoms with van der Waals surface area (Å²) in [6.07, 6.45) is 1.69. The van der Waals surface area contributed by atoms with Gasteiger partial charge in [-0.25, -0.2) is 0 Å². The second-order valence-electron chi connectivity index (χ2n) is 3.28. The zero-order chi connectivity index (χ0) is 9.14. The summed E-state index contributed by atoms with van der Waals surface area (Å²) in [5, 5.41) is 0. The minimum absolute atomic E-state index is 0.0199. The van der Waals surface area contributed by atoms with Crippen LogP contribution in [-0.4, -0.2) is 4.98 Å². The Morgan fingerprint density at radius 2 is 2.08 bits per heavy atom. The largest absolute Gasteiger partial charge is 0.399 e. The molecule has 0 fully saturated rings. The van der Waals surface area contributed by atoms with Gasteiger partial charge in [-0.3, -0.25) is 4.98 Å². The molecule has 0 bridgehead atoms. The van der Waals surface area contributed by atoms with Crippen molar-refractivity contribution in [3.05, 3.63) is 24.0 Å². The molecule has 0 saturated heterocycles. The van der Waals surface area contributed by atoms with Gasteiger partial charge < -0.3 is 11.5 Å². The van der Waals surface area contributed by atoms with Gasteiger partial charge in [0.15, 0.2) is 0 Å². The van der Waals surface area contributed by atoms with Crippen molar-refractivity contribution in [1.29, 1.82) is 0 Å². The van der Waals surface area contributed by atoms with Gasteiger partial charge >= 0.3 is 0 Å². The number of nitrogens with two attached hydrogens (primary N) is 2. The fourth-order valence-electron chi connectivity index (χ4n) is 0.989. The lowest BCUT2D eigenvalue weighted by atomic mass is 10.0. The molecule has 3 heteroatoms. The first-order valence-electron chi connectivity index (χ1n) is 4.08. The molecule has 1 rings (SSSR count). The van der Waals surface area contributed by atoms with Crippen molar-refractivity contribution in [1.82, 2.24) is 4.98 Å². The monoisotopic (exact) mass is 165 g/mol. The quantitative estimate of drug-likeness (QED) is 0.694. The van der Waals surface area contributed by atoms with E-state index in [0.29, 0.717) is 5.92 Å². The summed E-state index contributed by atoms with van der Waals surface area (Å²) in [4.78, 5) is 4.16. The molecule has 1 atom stereocenters. The average Bonchev–Trinajstić information content (AvgIpc) is 2.03. The van der Waals surface area contributed by atoms with Gasteiger partial charge in [-0.15, -0.1) is 0 Å². The molecule has 3 nitrogen and oxygen atoms in total. The summed E-state index contributed by atoms with van der Waals surface area (Å²) in [5.74, 6) is 0.388. The molecule has 0 aliphatic heterocycles. The van der Waals surface area contributed by atoms with Crippen molar-refractivity contribution >= 4 is 5.69 Å². The van der Waals surface area contributed by atoms with Crippen LogP contribution >= 0.6 is 0 Å². The van der Waals surface area contributed by atoms with E-state index in [0.717, 1.165) is 11.4 Å².